The summed E-state index contributed by atoms with van der Waals surface area (Å²) >= 11 is 0. The van der Waals surface area contributed by atoms with Gasteiger partial charge in [-0.15, -0.1) is 0 Å². The van der Waals surface area contributed by atoms with Crippen molar-refractivity contribution in [2.45, 2.75) is 19.3 Å². The molecule has 4 heterocycles. The lowest BCUT2D eigenvalue weighted by molar-refractivity contribution is 0.285. The van der Waals surface area contributed by atoms with Gasteiger partial charge in [0.15, 0.2) is 0 Å². The minimum absolute atomic E-state index is 0.411. The number of aryl methyl sites for hydroxylation is 1. The molecule has 0 amide bonds. The van der Waals surface area contributed by atoms with Crippen molar-refractivity contribution in [3.8, 4) is 22.8 Å². The summed E-state index contributed by atoms with van der Waals surface area (Å²) < 4.78 is 12.9. The van der Waals surface area contributed by atoms with Crippen LogP contribution in [0.25, 0.3) is 16.6 Å². The van der Waals surface area contributed by atoms with Crippen molar-refractivity contribution in [1.82, 2.24) is 29.8 Å². The van der Waals surface area contributed by atoms with Crippen LogP contribution < -0.4 is 9.47 Å². The second-order valence-electron chi connectivity index (χ2n) is 7.13. The Labute approximate surface area is 167 Å². The van der Waals surface area contributed by atoms with Gasteiger partial charge in [-0.2, -0.15) is 19.8 Å². The molecule has 4 aromatic heterocycles. The molecule has 5 rings (SSSR count). The Balaban J connectivity index is 1.35. The molecule has 0 aromatic carbocycles. The molecule has 29 heavy (non-hydrogen) atoms. The fourth-order valence-electron chi connectivity index (χ4n) is 3.50. The van der Waals surface area contributed by atoms with E-state index in [1.54, 1.807) is 36.5 Å². The van der Waals surface area contributed by atoms with Gasteiger partial charge in [-0.1, -0.05) is 0 Å². The Bertz CT molecular complexity index is 1160. The lowest BCUT2D eigenvalue weighted by Crippen LogP contribution is -2.05. The predicted molar refractivity (Wildman–Crippen MR) is 106 cm³/mol. The van der Waals surface area contributed by atoms with Crippen LogP contribution in [0.2, 0.25) is 0 Å². The predicted octanol–water partition coefficient (Wildman–Crippen LogP) is 3.08. The number of hydrogen-bond acceptors (Lipinski definition) is 7. The van der Waals surface area contributed by atoms with Crippen LogP contribution in [-0.4, -0.2) is 43.5 Å². The highest BCUT2D eigenvalue weighted by Crippen LogP contribution is 2.47. The minimum atomic E-state index is 0.411. The van der Waals surface area contributed by atoms with Gasteiger partial charge < -0.3 is 9.47 Å². The molecule has 146 valence electrons. The summed E-state index contributed by atoms with van der Waals surface area (Å²) in [5.74, 6) is 2.84. The van der Waals surface area contributed by atoms with Crippen LogP contribution in [-0.2, 0) is 0 Å². The van der Waals surface area contributed by atoms with Gasteiger partial charge >= 0.3 is 0 Å². The Morgan fingerprint density at radius 1 is 1.07 bits per heavy atom. The van der Waals surface area contributed by atoms with E-state index in [1.807, 2.05) is 31.2 Å². The summed E-state index contributed by atoms with van der Waals surface area (Å²) in [5, 5.41) is 8.53. The fraction of sp³-hybridized carbons (Fsp3) is 0.286. The third-order valence-corrected chi connectivity index (χ3v) is 5.20. The van der Waals surface area contributed by atoms with E-state index in [9.17, 15) is 0 Å². The molecule has 0 spiro atoms. The number of hydrogen-bond donors (Lipinski definition) is 0. The van der Waals surface area contributed by atoms with Gasteiger partial charge in [-0.05, 0) is 37.6 Å². The van der Waals surface area contributed by atoms with Crippen molar-refractivity contribution in [2.24, 2.45) is 5.92 Å². The fourth-order valence-corrected chi connectivity index (χ4v) is 3.50. The minimum Gasteiger partial charge on any atom is -0.495 e. The quantitative estimate of drug-likeness (QED) is 0.501. The Kier molecular flexibility index (Phi) is 4.31. The maximum Gasteiger partial charge on any atom is 0.224 e. The molecule has 2 atom stereocenters. The number of fused-ring (bicyclic) bond motifs is 1. The molecular formula is C21H20N6O2. The Morgan fingerprint density at radius 3 is 2.83 bits per heavy atom. The monoisotopic (exact) mass is 388 g/mol. The maximum atomic E-state index is 6.15. The number of methoxy groups -OCH3 is 1. The molecule has 0 saturated heterocycles. The van der Waals surface area contributed by atoms with Gasteiger partial charge in [-0.3, -0.25) is 4.98 Å². The van der Waals surface area contributed by atoms with Crippen LogP contribution >= 0.6 is 0 Å². The normalized spacial score (nSPS) is 18.0. The number of nitrogens with zero attached hydrogens (tertiary/aromatic N) is 6. The second-order valence-corrected chi connectivity index (χ2v) is 7.13. The average Bonchev–Trinajstić information content (AvgIpc) is 3.42. The average molecular weight is 388 g/mol. The maximum absolute atomic E-state index is 6.15. The SMILES string of the molecule is COc1ccc([C@H]2C[C@@H]2COc2nc(C)ncc2-c2cnn3ncccc23)nc1. The van der Waals surface area contributed by atoms with Crippen molar-refractivity contribution in [3.63, 3.8) is 0 Å². The molecule has 0 N–H and O–H groups in total. The lowest BCUT2D eigenvalue weighted by Gasteiger charge is -2.10. The van der Waals surface area contributed by atoms with Gasteiger partial charge in [0.2, 0.25) is 5.88 Å². The molecule has 0 aliphatic heterocycles. The zero-order valence-electron chi connectivity index (χ0n) is 16.2. The highest BCUT2D eigenvalue weighted by Gasteiger charge is 2.40. The zero-order valence-corrected chi connectivity index (χ0v) is 16.2. The summed E-state index contributed by atoms with van der Waals surface area (Å²) in [6, 6.07) is 7.82. The van der Waals surface area contributed by atoms with E-state index in [0.29, 0.717) is 30.1 Å². The van der Waals surface area contributed by atoms with Crippen LogP contribution in [0.4, 0.5) is 0 Å². The number of rotatable bonds is 6. The topological polar surface area (TPSA) is 87.3 Å². The first kappa shape index (κ1) is 17.5. The van der Waals surface area contributed by atoms with Crippen molar-refractivity contribution < 1.29 is 9.47 Å². The van der Waals surface area contributed by atoms with Crippen LogP contribution in [0, 0.1) is 12.8 Å². The highest BCUT2D eigenvalue weighted by atomic mass is 16.5. The first-order chi connectivity index (χ1) is 14.2. The zero-order chi connectivity index (χ0) is 19.8. The van der Waals surface area contributed by atoms with Gasteiger partial charge in [0, 0.05) is 35.5 Å². The van der Waals surface area contributed by atoms with Crippen LogP contribution in [0.5, 0.6) is 11.6 Å². The molecule has 0 unspecified atom stereocenters. The van der Waals surface area contributed by atoms with E-state index >= 15 is 0 Å². The number of pyridine rings is 1. The Morgan fingerprint density at radius 2 is 2.00 bits per heavy atom. The van der Waals surface area contributed by atoms with Crippen LogP contribution in [0.15, 0.2) is 49.1 Å². The molecule has 1 aliphatic rings. The third kappa shape index (κ3) is 3.37. The molecule has 0 bridgehead atoms. The summed E-state index contributed by atoms with van der Waals surface area (Å²) in [5.41, 5.74) is 3.68. The largest absolute Gasteiger partial charge is 0.495 e. The van der Waals surface area contributed by atoms with E-state index in [4.69, 9.17) is 9.47 Å². The number of ether oxygens (including phenoxy) is 2. The molecular weight excluding hydrogens is 368 g/mol. The van der Waals surface area contributed by atoms with Crippen molar-refractivity contribution in [1.29, 1.82) is 0 Å². The highest BCUT2D eigenvalue weighted by molar-refractivity contribution is 5.81. The number of aromatic nitrogens is 6. The van der Waals surface area contributed by atoms with Gasteiger partial charge in [0.25, 0.3) is 0 Å². The van der Waals surface area contributed by atoms with Crippen LogP contribution in [0.3, 0.4) is 0 Å². The molecule has 0 radical (unpaired) electrons. The van der Waals surface area contributed by atoms with E-state index in [0.717, 1.165) is 34.5 Å². The molecule has 1 fully saturated rings. The van der Waals surface area contributed by atoms with Crippen molar-refractivity contribution in [3.05, 3.63) is 60.6 Å². The second kappa shape index (κ2) is 7.12. The smallest absolute Gasteiger partial charge is 0.224 e. The van der Waals surface area contributed by atoms with Gasteiger partial charge in [0.1, 0.15) is 11.6 Å². The first-order valence-corrected chi connectivity index (χ1v) is 9.48. The summed E-state index contributed by atoms with van der Waals surface area (Å²) in [6.07, 6.45) is 8.07. The summed E-state index contributed by atoms with van der Waals surface area (Å²) in [7, 11) is 1.64. The molecule has 1 saturated carbocycles. The van der Waals surface area contributed by atoms with Gasteiger partial charge in [-0.25, -0.2) is 4.98 Å². The first-order valence-electron chi connectivity index (χ1n) is 9.48. The van der Waals surface area contributed by atoms with Crippen LogP contribution in [0.1, 0.15) is 23.9 Å². The summed E-state index contributed by atoms with van der Waals surface area (Å²) in [6.45, 7) is 2.44. The molecule has 8 heteroatoms. The Hall–Kier alpha value is -3.55. The van der Waals surface area contributed by atoms with Crippen molar-refractivity contribution >= 4 is 5.52 Å². The molecule has 4 aromatic rings. The third-order valence-electron chi connectivity index (χ3n) is 5.20. The van der Waals surface area contributed by atoms with Gasteiger partial charge in [0.05, 0.1) is 37.2 Å². The lowest BCUT2D eigenvalue weighted by atomic mass is 10.1. The van der Waals surface area contributed by atoms with E-state index < -0.39 is 0 Å². The van der Waals surface area contributed by atoms with Crippen molar-refractivity contribution in [2.75, 3.05) is 13.7 Å². The van der Waals surface area contributed by atoms with E-state index in [-0.39, 0.29) is 0 Å². The molecule has 8 nitrogen and oxygen atoms in total. The van der Waals surface area contributed by atoms with E-state index in [1.165, 1.54) is 0 Å². The standard InChI is InChI=1S/C21H20N6O2/c1-13-22-10-18(17-11-25-27-20(17)4-3-7-24-27)21(26-13)29-12-14-8-16(14)19-6-5-15(28-2)9-23-19/h3-7,9-11,14,16H,8,12H2,1-2H3/t14-,16+/m1/s1. The summed E-state index contributed by atoms with van der Waals surface area (Å²) in [4.78, 5) is 13.4. The molecule has 1 aliphatic carbocycles. The van der Waals surface area contributed by atoms with E-state index in [2.05, 4.69) is 25.1 Å².